The molecule has 37 heavy (non-hydrogen) atoms. The highest BCUT2D eigenvalue weighted by molar-refractivity contribution is 6.11. The largest absolute Gasteiger partial charge is 0.496 e. The van der Waals surface area contributed by atoms with Gasteiger partial charge in [0.1, 0.15) is 5.75 Å². The Hall–Kier alpha value is -4.32. The lowest BCUT2D eigenvalue weighted by Crippen LogP contribution is -2.39. The minimum atomic E-state index is -0.337. The van der Waals surface area contributed by atoms with Crippen molar-refractivity contribution < 1.29 is 14.3 Å². The molecular formula is C31H31N3O3. The summed E-state index contributed by atoms with van der Waals surface area (Å²) in [5.74, 6) is 0.258. The first-order chi connectivity index (χ1) is 18.0. The number of nitrogens with two attached hydrogens (primary N) is 1. The van der Waals surface area contributed by atoms with Crippen LogP contribution < -0.4 is 20.3 Å². The van der Waals surface area contributed by atoms with Gasteiger partial charge in [-0.2, -0.15) is 0 Å². The number of carbonyl (C=O) groups is 2. The number of benzene rings is 4. The van der Waals surface area contributed by atoms with E-state index in [0.29, 0.717) is 36.4 Å². The van der Waals surface area contributed by atoms with Gasteiger partial charge in [-0.3, -0.25) is 9.59 Å². The predicted molar refractivity (Wildman–Crippen MR) is 149 cm³/mol. The lowest BCUT2D eigenvalue weighted by molar-refractivity contribution is -0.122. The zero-order chi connectivity index (χ0) is 25.9. The van der Waals surface area contributed by atoms with Crippen molar-refractivity contribution in [1.29, 1.82) is 0 Å². The lowest BCUT2D eigenvalue weighted by atomic mass is 9.99. The Balaban J connectivity index is 1.64. The highest BCUT2D eigenvalue weighted by Crippen LogP contribution is 2.39. The number of methoxy groups -OCH3 is 1. The third-order valence-electron chi connectivity index (χ3n) is 7.06. The summed E-state index contributed by atoms with van der Waals surface area (Å²) >= 11 is 0. The monoisotopic (exact) mass is 493 g/mol. The van der Waals surface area contributed by atoms with Crippen molar-refractivity contribution in [3.63, 3.8) is 0 Å². The molecule has 2 N–H and O–H groups in total. The van der Waals surface area contributed by atoms with Gasteiger partial charge >= 0.3 is 0 Å². The zero-order valence-corrected chi connectivity index (χ0v) is 21.2. The Bertz CT molecular complexity index is 1450. The second-order valence-corrected chi connectivity index (χ2v) is 9.40. The maximum Gasteiger partial charge on any atom is 0.258 e. The predicted octanol–water partition coefficient (Wildman–Crippen LogP) is 6.04. The van der Waals surface area contributed by atoms with Crippen LogP contribution in [0.15, 0.2) is 84.9 Å². The number of amides is 2. The van der Waals surface area contributed by atoms with E-state index in [2.05, 4.69) is 19.1 Å². The molecule has 0 saturated heterocycles. The molecule has 1 aliphatic heterocycles. The molecule has 4 aromatic carbocycles. The van der Waals surface area contributed by atoms with Gasteiger partial charge in [-0.1, -0.05) is 55.8 Å². The summed E-state index contributed by atoms with van der Waals surface area (Å²) in [6.45, 7) is 2.72. The molecule has 0 aromatic heterocycles. The van der Waals surface area contributed by atoms with Gasteiger partial charge in [0.05, 0.1) is 30.9 Å². The molecule has 0 spiro atoms. The molecule has 1 heterocycles. The van der Waals surface area contributed by atoms with Crippen LogP contribution >= 0.6 is 0 Å². The molecule has 6 heteroatoms. The molecule has 0 bridgehead atoms. The number of rotatable bonds is 6. The maximum atomic E-state index is 14.1. The number of carbonyl (C=O) groups excluding carboxylic acids is 2. The third kappa shape index (κ3) is 4.62. The van der Waals surface area contributed by atoms with Gasteiger partial charge in [-0.25, -0.2) is 0 Å². The number of hydrogen-bond acceptors (Lipinski definition) is 4. The zero-order valence-electron chi connectivity index (χ0n) is 21.2. The number of anilines is 3. The Kier molecular flexibility index (Phi) is 6.82. The minimum Gasteiger partial charge on any atom is -0.496 e. The number of nitrogens with zero attached hydrogens (tertiary/aromatic N) is 2. The van der Waals surface area contributed by atoms with E-state index in [1.54, 1.807) is 36.3 Å². The first-order valence-electron chi connectivity index (χ1n) is 12.6. The van der Waals surface area contributed by atoms with Crippen LogP contribution in [0.2, 0.25) is 0 Å². The summed E-state index contributed by atoms with van der Waals surface area (Å²) in [4.78, 5) is 31.5. The van der Waals surface area contributed by atoms with Crippen LogP contribution in [0.1, 0.15) is 35.7 Å². The average Bonchev–Trinajstić information content (AvgIpc) is 3.04. The summed E-state index contributed by atoms with van der Waals surface area (Å²) < 4.78 is 5.74. The second kappa shape index (κ2) is 10.3. The molecule has 1 aliphatic rings. The lowest BCUT2D eigenvalue weighted by Gasteiger charge is -2.27. The van der Waals surface area contributed by atoms with E-state index < -0.39 is 0 Å². The molecule has 2 amide bonds. The quantitative estimate of drug-likeness (QED) is 0.332. The van der Waals surface area contributed by atoms with Crippen LogP contribution in [-0.2, 0) is 11.3 Å². The third-order valence-corrected chi connectivity index (χ3v) is 7.06. The second-order valence-electron chi connectivity index (χ2n) is 9.40. The van der Waals surface area contributed by atoms with Crippen LogP contribution in [0.25, 0.3) is 10.8 Å². The molecule has 5 rings (SSSR count). The average molecular weight is 494 g/mol. The van der Waals surface area contributed by atoms with Crippen molar-refractivity contribution in [2.45, 2.75) is 26.3 Å². The molecular weight excluding hydrogens is 462 g/mol. The van der Waals surface area contributed by atoms with Gasteiger partial charge in [0.2, 0.25) is 5.91 Å². The fraction of sp³-hybridized carbons (Fsp3) is 0.226. The molecule has 6 nitrogen and oxygen atoms in total. The molecule has 1 unspecified atom stereocenters. The van der Waals surface area contributed by atoms with Gasteiger partial charge < -0.3 is 20.3 Å². The van der Waals surface area contributed by atoms with Gasteiger partial charge in [0.25, 0.3) is 5.91 Å². The summed E-state index contributed by atoms with van der Waals surface area (Å²) in [6, 6.07) is 26.7. The van der Waals surface area contributed by atoms with E-state index in [4.69, 9.17) is 10.5 Å². The SMILES string of the molecule is CCCC1CN(C(=O)c2ccc(N)cc2)c2ccccc2N(Cc2c(OC)ccc3ccccc23)C1=O. The highest BCUT2D eigenvalue weighted by Gasteiger charge is 2.36. The van der Waals surface area contributed by atoms with Crippen molar-refractivity contribution in [1.82, 2.24) is 0 Å². The van der Waals surface area contributed by atoms with Crippen molar-refractivity contribution >= 4 is 39.6 Å². The molecule has 0 fully saturated rings. The molecule has 4 aromatic rings. The summed E-state index contributed by atoms with van der Waals surface area (Å²) in [5.41, 5.74) is 9.36. The van der Waals surface area contributed by atoms with Crippen LogP contribution in [-0.4, -0.2) is 25.5 Å². The summed E-state index contributed by atoms with van der Waals surface area (Å²) in [7, 11) is 1.65. The van der Waals surface area contributed by atoms with Crippen molar-refractivity contribution in [2.75, 3.05) is 29.2 Å². The number of nitrogen functional groups attached to an aromatic ring is 1. The summed E-state index contributed by atoms with van der Waals surface area (Å²) in [6.07, 6.45) is 1.52. The van der Waals surface area contributed by atoms with E-state index in [9.17, 15) is 9.59 Å². The Morgan fingerprint density at radius 3 is 2.38 bits per heavy atom. The number of fused-ring (bicyclic) bond motifs is 2. The first-order valence-corrected chi connectivity index (χ1v) is 12.6. The van der Waals surface area contributed by atoms with Crippen molar-refractivity contribution in [3.05, 3.63) is 96.1 Å². The normalized spacial score (nSPS) is 15.4. The van der Waals surface area contributed by atoms with Gasteiger partial charge in [-0.15, -0.1) is 0 Å². The topological polar surface area (TPSA) is 75.9 Å². The molecule has 0 radical (unpaired) electrons. The van der Waals surface area contributed by atoms with Crippen molar-refractivity contribution in [2.24, 2.45) is 5.92 Å². The molecule has 1 atom stereocenters. The van der Waals surface area contributed by atoms with Crippen molar-refractivity contribution in [3.8, 4) is 5.75 Å². The number of ether oxygens (including phenoxy) is 1. The summed E-state index contributed by atoms with van der Waals surface area (Å²) in [5, 5.41) is 2.12. The molecule has 188 valence electrons. The van der Waals surface area contributed by atoms with E-state index >= 15 is 0 Å². The van der Waals surface area contributed by atoms with E-state index in [-0.39, 0.29) is 17.7 Å². The van der Waals surface area contributed by atoms with Crippen LogP contribution in [0.3, 0.4) is 0 Å². The Morgan fingerprint density at radius 2 is 1.65 bits per heavy atom. The van der Waals surface area contributed by atoms with E-state index in [1.165, 1.54) is 0 Å². The van der Waals surface area contributed by atoms with Gasteiger partial charge in [0, 0.05) is 23.4 Å². The molecule has 0 saturated carbocycles. The van der Waals surface area contributed by atoms with Gasteiger partial charge in [-0.05, 0) is 59.7 Å². The number of para-hydroxylation sites is 2. The van der Waals surface area contributed by atoms with Crippen LogP contribution in [0, 0.1) is 5.92 Å². The number of hydrogen-bond donors (Lipinski definition) is 1. The highest BCUT2D eigenvalue weighted by atomic mass is 16.5. The standard InChI is InChI=1S/C31H31N3O3/c1-3-8-23-19-33(30(35)22-13-16-24(32)17-14-22)27-11-6-7-12-28(27)34(31(23)36)20-26-25-10-5-4-9-21(25)15-18-29(26)37-2/h4-7,9-18,23H,3,8,19-20,32H2,1-2H3. The van der Waals surface area contributed by atoms with E-state index in [1.807, 2.05) is 53.4 Å². The minimum absolute atomic E-state index is 0.0110. The molecule has 0 aliphatic carbocycles. The first kappa shape index (κ1) is 24.4. The Labute approximate surface area is 217 Å². The van der Waals surface area contributed by atoms with Gasteiger partial charge in [0.15, 0.2) is 0 Å². The maximum absolute atomic E-state index is 14.1. The fourth-order valence-electron chi connectivity index (χ4n) is 5.19. The smallest absolute Gasteiger partial charge is 0.258 e. The van der Waals surface area contributed by atoms with E-state index in [0.717, 1.165) is 34.2 Å². The fourth-order valence-corrected chi connectivity index (χ4v) is 5.19. The Morgan fingerprint density at radius 1 is 0.946 bits per heavy atom. The van der Waals surface area contributed by atoms with Crippen LogP contribution in [0.5, 0.6) is 5.75 Å². The van der Waals surface area contributed by atoms with Crippen LogP contribution in [0.4, 0.5) is 17.1 Å².